The number of hydrogen-bond donors (Lipinski definition) is 2. The molecule has 226 valence electrons. The van der Waals surface area contributed by atoms with Gasteiger partial charge in [-0.15, -0.1) is 11.8 Å². The molecule has 0 aromatic heterocycles. The van der Waals surface area contributed by atoms with E-state index in [1.165, 1.54) is 4.90 Å². The number of imide groups is 1. The molecule has 1 saturated heterocycles. The zero-order chi connectivity index (χ0) is 31.1. The predicted molar refractivity (Wildman–Crippen MR) is 169 cm³/mol. The SMILES string of the molecule is CSc1ccc(Oc2ccc(NC(=O)COc3ccc(CC4SC(=O)NC4=O)cc3)c(N(C)C(=O)OC(C)(C)C)c2)cc1. The number of rotatable bonds is 10. The highest BCUT2D eigenvalue weighted by molar-refractivity contribution is 8.15. The van der Waals surface area contributed by atoms with Gasteiger partial charge in [-0.2, -0.15) is 0 Å². The summed E-state index contributed by atoms with van der Waals surface area (Å²) in [6.07, 6.45) is 1.80. The van der Waals surface area contributed by atoms with Crippen LogP contribution in [-0.4, -0.2) is 53.9 Å². The fraction of sp³-hybridized carbons (Fsp3) is 0.290. The number of nitrogens with one attached hydrogen (secondary N) is 2. The summed E-state index contributed by atoms with van der Waals surface area (Å²) >= 11 is 2.60. The second-order valence-electron chi connectivity index (χ2n) is 10.6. The molecule has 3 aromatic carbocycles. The maximum atomic E-state index is 12.9. The molecular formula is C31H33N3O7S2. The summed E-state index contributed by atoms with van der Waals surface area (Å²) in [5.74, 6) is 0.809. The molecule has 12 heteroatoms. The van der Waals surface area contributed by atoms with Gasteiger partial charge in [-0.3, -0.25) is 24.6 Å². The standard InChI is InChI=1S/C31H33N3O7S2/c1-31(2,3)41-30(38)34(4)25-17-22(40-21-10-13-23(42-5)14-11-21)12-15-24(25)32-27(35)18-39-20-8-6-19(7-9-20)16-26-28(36)33-29(37)43-26/h6-15,17,26H,16,18H2,1-5H3,(H,32,35)(H,33,36,37). The predicted octanol–water partition coefficient (Wildman–Crippen LogP) is 6.48. The number of nitrogens with zero attached hydrogens (tertiary/aromatic N) is 1. The molecule has 4 amide bonds. The smallest absolute Gasteiger partial charge is 0.414 e. The van der Waals surface area contributed by atoms with E-state index < -0.39 is 22.9 Å². The van der Waals surface area contributed by atoms with Crippen molar-refractivity contribution in [2.45, 2.75) is 42.9 Å². The zero-order valence-electron chi connectivity index (χ0n) is 24.5. The molecule has 3 aromatic rings. The Hall–Kier alpha value is -4.16. The molecule has 0 saturated carbocycles. The molecule has 43 heavy (non-hydrogen) atoms. The number of carbonyl (C=O) groups excluding carboxylic acids is 4. The molecule has 1 unspecified atom stereocenters. The van der Waals surface area contributed by atoms with E-state index in [4.69, 9.17) is 14.2 Å². The largest absolute Gasteiger partial charge is 0.484 e. The molecule has 1 fully saturated rings. The average Bonchev–Trinajstić information content (AvgIpc) is 3.28. The molecule has 10 nitrogen and oxygen atoms in total. The van der Waals surface area contributed by atoms with Crippen molar-refractivity contribution in [3.63, 3.8) is 0 Å². The fourth-order valence-corrected chi connectivity index (χ4v) is 5.23. The topological polar surface area (TPSA) is 123 Å². The number of amides is 4. The second-order valence-corrected chi connectivity index (χ2v) is 12.6. The van der Waals surface area contributed by atoms with Gasteiger partial charge in [-0.25, -0.2) is 4.79 Å². The summed E-state index contributed by atoms with van der Waals surface area (Å²) in [6, 6.07) is 19.6. The van der Waals surface area contributed by atoms with Crippen LogP contribution in [0.2, 0.25) is 0 Å². The molecule has 0 bridgehead atoms. The van der Waals surface area contributed by atoms with Gasteiger partial charge in [0.15, 0.2) is 6.61 Å². The van der Waals surface area contributed by atoms with Crippen molar-refractivity contribution in [1.29, 1.82) is 0 Å². The monoisotopic (exact) mass is 623 g/mol. The molecule has 1 aliphatic rings. The summed E-state index contributed by atoms with van der Waals surface area (Å²) in [7, 11) is 1.55. The van der Waals surface area contributed by atoms with E-state index in [1.807, 2.05) is 30.5 Å². The van der Waals surface area contributed by atoms with E-state index in [1.54, 1.807) is 82.0 Å². The van der Waals surface area contributed by atoms with Crippen LogP contribution in [-0.2, 0) is 20.7 Å². The number of benzene rings is 3. The first-order valence-corrected chi connectivity index (χ1v) is 15.5. The van der Waals surface area contributed by atoms with Crippen molar-refractivity contribution in [3.05, 3.63) is 72.3 Å². The van der Waals surface area contributed by atoms with Crippen molar-refractivity contribution in [2.24, 2.45) is 0 Å². The molecule has 0 aliphatic carbocycles. The molecule has 1 aliphatic heterocycles. The number of anilines is 2. The summed E-state index contributed by atoms with van der Waals surface area (Å²) in [5.41, 5.74) is 0.878. The molecule has 1 atom stereocenters. The van der Waals surface area contributed by atoms with Crippen molar-refractivity contribution < 1.29 is 33.4 Å². The minimum Gasteiger partial charge on any atom is -0.484 e. The maximum Gasteiger partial charge on any atom is 0.414 e. The number of ether oxygens (including phenoxy) is 3. The molecule has 0 spiro atoms. The Labute approximate surface area is 258 Å². The van der Waals surface area contributed by atoms with E-state index in [0.29, 0.717) is 35.0 Å². The van der Waals surface area contributed by atoms with Gasteiger partial charge < -0.3 is 19.5 Å². The van der Waals surface area contributed by atoms with E-state index in [-0.39, 0.29) is 17.8 Å². The average molecular weight is 624 g/mol. The molecule has 2 N–H and O–H groups in total. The Morgan fingerprint density at radius 2 is 1.63 bits per heavy atom. The van der Waals surface area contributed by atoms with E-state index in [0.717, 1.165) is 22.2 Å². The van der Waals surface area contributed by atoms with Gasteiger partial charge in [0.2, 0.25) is 5.91 Å². The van der Waals surface area contributed by atoms with Crippen molar-refractivity contribution in [1.82, 2.24) is 5.32 Å². The highest BCUT2D eigenvalue weighted by Gasteiger charge is 2.31. The third-order valence-corrected chi connectivity index (χ3v) is 7.77. The highest BCUT2D eigenvalue weighted by Crippen LogP contribution is 2.34. The van der Waals surface area contributed by atoms with Crippen LogP contribution in [0.1, 0.15) is 26.3 Å². The maximum absolute atomic E-state index is 12.9. The third kappa shape index (κ3) is 9.16. The zero-order valence-corrected chi connectivity index (χ0v) is 26.1. The summed E-state index contributed by atoms with van der Waals surface area (Å²) in [4.78, 5) is 51.4. The summed E-state index contributed by atoms with van der Waals surface area (Å²) < 4.78 is 17.2. The Balaban J connectivity index is 1.43. The fourth-order valence-electron chi connectivity index (χ4n) is 3.97. The lowest BCUT2D eigenvalue weighted by atomic mass is 10.1. The van der Waals surface area contributed by atoms with Crippen LogP contribution in [0.15, 0.2) is 71.6 Å². The molecule has 4 rings (SSSR count). The third-order valence-electron chi connectivity index (χ3n) is 6.05. The highest BCUT2D eigenvalue weighted by atomic mass is 32.2. The van der Waals surface area contributed by atoms with Crippen molar-refractivity contribution in [2.75, 3.05) is 30.1 Å². The van der Waals surface area contributed by atoms with Gasteiger partial charge in [0.05, 0.1) is 16.6 Å². The van der Waals surface area contributed by atoms with Gasteiger partial charge in [0.25, 0.3) is 11.1 Å². The normalized spacial score (nSPS) is 14.6. The Morgan fingerprint density at radius 1 is 0.977 bits per heavy atom. The molecule has 1 heterocycles. The minimum atomic E-state index is -0.717. The van der Waals surface area contributed by atoms with Crippen LogP contribution in [0.25, 0.3) is 0 Å². The number of thioether (sulfide) groups is 2. The first kappa shape index (κ1) is 31.8. The lowest BCUT2D eigenvalue weighted by Gasteiger charge is -2.26. The van der Waals surface area contributed by atoms with Crippen molar-refractivity contribution >= 4 is 58.0 Å². The van der Waals surface area contributed by atoms with Crippen LogP contribution in [0.4, 0.5) is 21.0 Å². The minimum absolute atomic E-state index is 0.287. The van der Waals surface area contributed by atoms with E-state index >= 15 is 0 Å². The Kier molecular flexibility index (Phi) is 10.3. The van der Waals surface area contributed by atoms with Crippen LogP contribution in [0.5, 0.6) is 17.2 Å². The van der Waals surface area contributed by atoms with Gasteiger partial charge in [0.1, 0.15) is 22.8 Å². The van der Waals surface area contributed by atoms with Gasteiger partial charge in [-0.05, 0) is 87.5 Å². The van der Waals surface area contributed by atoms with Crippen LogP contribution < -0.4 is 25.0 Å². The second kappa shape index (κ2) is 13.9. The Morgan fingerprint density at radius 3 is 2.23 bits per heavy atom. The van der Waals surface area contributed by atoms with Gasteiger partial charge in [-0.1, -0.05) is 23.9 Å². The lowest BCUT2D eigenvalue weighted by Crippen LogP contribution is -2.34. The first-order valence-electron chi connectivity index (χ1n) is 13.4. The van der Waals surface area contributed by atoms with Crippen LogP contribution in [0, 0.1) is 0 Å². The van der Waals surface area contributed by atoms with Gasteiger partial charge in [0, 0.05) is 18.0 Å². The van der Waals surface area contributed by atoms with E-state index in [2.05, 4.69) is 10.6 Å². The first-order chi connectivity index (χ1) is 20.4. The lowest BCUT2D eigenvalue weighted by molar-refractivity contribution is -0.119. The van der Waals surface area contributed by atoms with Crippen molar-refractivity contribution in [3.8, 4) is 17.2 Å². The van der Waals surface area contributed by atoms with E-state index in [9.17, 15) is 19.2 Å². The molecular weight excluding hydrogens is 590 g/mol. The number of carbonyl (C=O) groups is 4. The Bertz CT molecular complexity index is 1490. The van der Waals surface area contributed by atoms with Crippen LogP contribution in [0.3, 0.4) is 0 Å². The quantitative estimate of drug-likeness (QED) is 0.244. The van der Waals surface area contributed by atoms with Crippen LogP contribution >= 0.6 is 23.5 Å². The molecule has 0 radical (unpaired) electrons. The summed E-state index contributed by atoms with van der Waals surface area (Å²) in [5, 5.41) is 4.27. The summed E-state index contributed by atoms with van der Waals surface area (Å²) in [6.45, 7) is 5.03. The van der Waals surface area contributed by atoms with Gasteiger partial charge >= 0.3 is 6.09 Å². The number of hydrogen-bond acceptors (Lipinski definition) is 9.